The van der Waals surface area contributed by atoms with Crippen LogP contribution < -0.4 is 10.6 Å². The lowest BCUT2D eigenvalue weighted by Gasteiger charge is -2.09. The van der Waals surface area contributed by atoms with Crippen LogP contribution in [0.25, 0.3) is 22.3 Å². The lowest BCUT2D eigenvalue weighted by Crippen LogP contribution is -1.97. The van der Waals surface area contributed by atoms with Gasteiger partial charge in [0.2, 0.25) is 11.9 Å². The van der Waals surface area contributed by atoms with Crippen molar-refractivity contribution in [2.75, 3.05) is 17.7 Å². The van der Waals surface area contributed by atoms with Gasteiger partial charge in [-0.2, -0.15) is 0 Å². The highest BCUT2D eigenvalue weighted by Gasteiger charge is 2.13. The third-order valence-corrected chi connectivity index (χ3v) is 5.83. The summed E-state index contributed by atoms with van der Waals surface area (Å²) in [5.74, 6) is -1.04. The van der Waals surface area contributed by atoms with E-state index < -0.39 is 11.6 Å². The molecule has 2 aromatic carbocycles. The summed E-state index contributed by atoms with van der Waals surface area (Å²) in [6, 6.07) is 15.8. The van der Waals surface area contributed by atoms with Crippen LogP contribution in [0.15, 0.2) is 76.9 Å². The molecule has 0 unspecified atom stereocenters. The van der Waals surface area contributed by atoms with Crippen LogP contribution in [-0.4, -0.2) is 32.0 Å². The number of benzene rings is 2. The Kier molecular flexibility index (Phi) is 5.57. The molecule has 0 amide bonds. The minimum absolute atomic E-state index is 0.0430. The van der Waals surface area contributed by atoms with Crippen molar-refractivity contribution in [3.05, 3.63) is 78.6 Å². The lowest BCUT2D eigenvalue weighted by atomic mass is 10.2. The van der Waals surface area contributed by atoms with E-state index >= 15 is 0 Å². The zero-order valence-electron chi connectivity index (χ0n) is 17.3. The van der Waals surface area contributed by atoms with Crippen molar-refractivity contribution in [3.63, 3.8) is 0 Å². The van der Waals surface area contributed by atoms with Crippen molar-refractivity contribution < 1.29 is 8.78 Å². The standard InChI is InChI=1S/C23H17F2N7S/c1-26-22-28-12-10-17(30-22)15-3-2-11-27-21(15)33-14-6-4-13(5-7-14)29-23-31-18-9-8-16(24)19(25)20(18)32-23/h2-12H,1H3,(H,26,28,30)(H2,29,31,32). The molecule has 10 heteroatoms. The summed E-state index contributed by atoms with van der Waals surface area (Å²) in [5.41, 5.74) is 2.79. The first-order valence-corrected chi connectivity index (χ1v) is 10.8. The third-order valence-electron chi connectivity index (χ3n) is 4.80. The molecule has 0 aliphatic rings. The molecule has 3 heterocycles. The molecule has 33 heavy (non-hydrogen) atoms. The molecule has 0 spiro atoms. The number of imidazole rings is 1. The fourth-order valence-corrected chi connectivity index (χ4v) is 4.12. The summed E-state index contributed by atoms with van der Waals surface area (Å²) >= 11 is 1.51. The summed E-state index contributed by atoms with van der Waals surface area (Å²) in [6.45, 7) is 0. The number of rotatable bonds is 6. The first-order valence-electron chi connectivity index (χ1n) is 9.95. The van der Waals surface area contributed by atoms with Crippen molar-refractivity contribution in [1.29, 1.82) is 0 Å². The molecule has 3 aromatic heterocycles. The van der Waals surface area contributed by atoms with Crippen LogP contribution >= 0.6 is 11.8 Å². The van der Waals surface area contributed by atoms with E-state index in [2.05, 4.69) is 35.6 Å². The number of anilines is 3. The van der Waals surface area contributed by atoms with Crippen molar-refractivity contribution in [3.8, 4) is 11.3 Å². The molecule has 0 fully saturated rings. The van der Waals surface area contributed by atoms with E-state index in [1.807, 2.05) is 42.5 Å². The predicted octanol–water partition coefficient (Wildman–Crippen LogP) is 5.63. The Morgan fingerprint density at radius 1 is 0.909 bits per heavy atom. The Bertz CT molecular complexity index is 1440. The first kappa shape index (κ1) is 20.8. The van der Waals surface area contributed by atoms with Gasteiger partial charge in [0.1, 0.15) is 10.5 Å². The van der Waals surface area contributed by atoms with Crippen molar-refractivity contribution in [1.82, 2.24) is 24.9 Å². The molecule has 164 valence electrons. The molecule has 0 radical (unpaired) electrons. The molecule has 3 N–H and O–H groups in total. The van der Waals surface area contributed by atoms with E-state index in [1.165, 1.54) is 17.8 Å². The van der Waals surface area contributed by atoms with E-state index in [9.17, 15) is 8.78 Å². The minimum atomic E-state index is -0.972. The average Bonchev–Trinajstić information content (AvgIpc) is 3.26. The number of halogens is 2. The van der Waals surface area contributed by atoms with Crippen LogP contribution in [-0.2, 0) is 0 Å². The fourth-order valence-electron chi connectivity index (χ4n) is 3.23. The molecule has 7 nitrogen and oxygen atoms in total. The molecular weight excluding hydrogens is 444 g/mol. The van der Waals surface area contributed by atoms with Crippen molar-refractivity contribution >= 4 is 40.4 Å². The summed E-state index contributed by atoms with van der Waals surface area (Å²) in [7, 11) is 1.77. The fraction of sp³-hybridized carbons (Fsp3) is 0.0435. The van der Waals surface area contributed by atoms with Gasteiger partial charge >= 0.3 is 0 Å². The van der Waals surface area contributed by atoms with Crippen molar-refractivity contribution in [2.45, 2.75) is 9.92 Å². The van der Waals surface area contributed by atoms with Gasteiger partial charge < -0.3 is 15.6 Å². The zero-order chi connectivity index (χ0) is 22.8. The number of nitrogens with one attached hydrogen (secondary N) is 3. The largest absolute Gasteiger partial charge is 0.357 e. The van der Waals surface area contributed by atoms with Gasteiger partial charge in [0.25, 0.3) is 0 Å². The van der Waals surface area contributed by atoms with Gasteiger partial charge in [-0.1, -0.05) is 11.8 Å². The molecule has 0 atom stereocenters. The van der Waals surface area contributed by atoms with E-state index in [-0.39, 0.29) is 5.52 Å². The van der Waals surface area contributed by atoms with Crippen molar-refractivity contribution in [2.24, 2.45) is 0 Å². The number of nitrogens with zero attached hydrogens (tertiary/aromatic N) is 4. The highest BCUT2D eigenvalue weighted by atomic mass is 32.2. The second-order valence-electron chi connectivity index (χ2n) is 6.97. The van der Waals surface area contributed by atoms with E-state index in [4.69, 9.17) is 0 Å². The molecule has 0 saturated heterocycles. The van der Waals surface area contributed by atoms with E-state index in [0.29, 0.717) is 17.4 Å². The average molecular weight is 462 g/mol. The highest BCUT2D eigenvalue weighted by Crippen LogP contribution is 2.34. The van der Waals surface area contributed by atoms with Gasteiger partial charge in [-0.3, -0.25) is 0 Å². The number of fused-ring (bicyclic) bond motifs is 1. The van der Waals surface area contributed by atoms with Crippen LogP contribution in [0.5, 0.6) is 0 Å². The summed E-state index contributed by atoms with van der Waals surface area (Å²) in [4.78, 5) is 21.2. The number of H-pyrrole nitrogens is 1. The molecule has 0 aliphatic carbocycles. The number of aromatic amines is 1. The molecule has 0 saturated carbocycles. The minimum Gasteiger partial charge on any atom is -0.357 e. The normalized spacial score (nSPS) is 11.0. The Labute approximate surface area is 191 Å². The summed E-state index contributed by atoms with van der Waals surface area (Å²) < 4.78 is 27.3. The Balaban J connectivity index is 1.35. The predicted molar refractivity (Wildman–Crippen MR) is 125 cm³/mol. The van der Waals surface area contributed by atoms with Gasteiger partial charge in [0.15, 0.2) is 11.6 Å². The van der Waals surface area contributed by atoms with Gasteiger partial charge in [0, 0.05) is 35.6 Å². The molecule has 0 bridgehead atoms. The number of hydrogen-bond acceptors (Lipinski definition) is 7. The number of pyridine rings is 1. The Morgan fingerprint density at radius 3 is 2.58 bits per heavy atom. The molecule has 5 aromatic rings. The van der Waals surface area contributed by atoms with Crippen LogP contribution in [0.2, 0.25) is 0 Å². The maximum absolute atomic E-state index is 13.9. The third kappa shape index (κ3) is 4.33. The smallest absolute Gasteiger partial charge is 0.222 e. The van der Waals surface area contributed by atoms with Gasteiger partial charge in [0.05, 0.1) is 11.2 Å². The summed E-state index contributed by atoms with van der Waals surface area (Å²) in [5, 5.41) is 6.83. The van der Waals surface area contributed by atoms with E-state index in [0.717, 1.165) is 32.9 Å². The Hall–Kier alpha value is -4.05. The molecule has 5 rings (SSSR count). The maximum atomic E-state index is 13.9. The maximum Gasteiger partial charge on any atom is 0.222 e. The first-order chi connectivity index (χ1) is 16.1. The van der Waals surface area contributed by atoms with Crippen LogP contribution in [0.1, 0.15) is 0 Å². The van der Waals surface area contributed by atoms with E-state index in [1.54, 1.807) is 19.4 Å². The Morgan fingerprint density at radius 2 is 1.76 bits per heavy atom. The second kappa shape index (κ2) is 8.83. The second-order valence-corrected chi connectivity index (χ2v) is 8.03. The SMILES string of the molecule is CNc1nccc(-c2cccnc2Sc2ccc(Nc3nc4c(F)c(F)ccc4[nH]3)cc2)n1. The quantitative estimate of drug-likeness (QED) is 0.302. The monoisotopic (exact) mass is 461 g/mol. The van der Waals surface area contributed by atoms with Crippen LogP contribution in [0, 0.1) is 11.6 Å². The highest BCUT2D eigenvalue weighted by molar-refractivity contribution is 7.99. The van der Waals surface area contributed by atoms with Gasteiger partial charge in [-0.25, -0.2) is 28.7 Å². The van der Waals surface area contributed by atoms with Crippen LogP contribution in [0.4, 0.5) is 26.4 Å². The van der Waals surface area contributed by atoms with Gasteiger partial charge in [-0.05, 0) is 54.6 Å². The lowest BCUT2D eigenvalue weighted by molar-refractivity contribution is 0.515. The van der Waals surface area contributed by atoms with Crippen LogP contribution in [0.3, 0.4) is 0 Å². The number of hydrogen-bond donors (Lipinski definition) is 3. The van der Waals surface area contributed by atoms with Gasteiger partial charge in [-0.15, -0.1) is 0 Å². The number of aromatic nitrogens is 5. The molecular formula is C23H17F2N7S. The topological polar surface area (TPSA) is 91.4 Å². The zero-order valence-corrected chi connectivity index (χ0v) is 18.1. The summed E-state index contributed by atoms with van der Waals surface area (Å²) in [6.07, 6.45) is 3.44. The molecule has 0 aliphatic heterocycles.